The molecule has 0 saturated carbocycles. The van der Waals surface area contributed by atoms with Gasteiger partial charge in [-0.15, -0.1) is 0 Å². The minimum absolute atomic E-state index is 0.124. The summed E-state index contributed by atoms with van der Waals surface area (Å²) in [5.74, 6) is -0.588. The summed E-state index contributed by atoms with van der Waals surface area (Å²) in [6, 6.07) is 6.80. The number of nitrogens with zero attached hydrogens (tertiary/aromatic N) is 3. The van der Waals surface area contributed by atoms with E-state index in [0.717, 1.165) is 31.3 Å². The van der Waals surface area contributed by atoms with Gasteiger partial charge in [-0.3, -0.25) is 19.7 Å². The van der Waals surface area contributed by atoms with Crippen molar-refractivity contribution in [3.05, 3.63) is 54.4 Å². The molecule has 1 aliphatic rings. The van der Waals surface area contributed by atoms with E-state index in [0.29, 0.717) is 12.2 Å². The average molecular weight is 300 g/mol. The third-order valence-electron chi connectivity index (χ3n) is 3.73. The highest BCUT2D eigenvalue weighted by Crippen LogP contribution is 2.21. The lowest BCUT2D eigenvalue weighted by Crippen LogP contribution is -2.39. The Morgan fingerprint density at radius 3 is 3.09 bits per heavy atom. The summed E-state index contributed by atoms with van der Waals surface area (Å²) in [6.45, 7) is 1.50. The molecule has 3 heterocycles. The highest BCUT2D eigenvalue weighted by molar-refractivity contribution is 5.94. The van der Waals surface area contributed by atoms with E-state index in [1.54, 1.807) is 6.20 Å². The molecule has 1 unspecified atom stereocenters. The van der Waals surface area contributed by atoms with Gasteiger partial charge in [0.1, 0.15) is 5.82 Å². The quantitative estimate of drug-likeness (QED) is 0.940. The van der Waals surface area contributed by atoms with Crippen LogP contribution in [0, 0.1) is 5.82 Å². The summed E-state index contributed by atoms with van der Waals surface area (Å²) in [5, 5.41) is 2.74. The summed E-state index contributed by atoms with van der Waals surface area (Å²) in [4.78, 5) is 22.5. The largest absolute Gasteiger partial charge is 0.323 e. The second-order valence-corrected chi connectivity index (χ2v) is 5.33. The molecule has 114 valence electrons. The number of amides is 1. The topological polar surface area (TPSA) is 58.1 Å². The predicted octanol–water partition coefficient (Wildman–Crippen LogP) is 2.22. The molecule has 22 heavy (non-hydrogen) atoms. The Hall–Kier alpha value is -2.34. The minimum atomic E-state index is -0.463. The van der Waals surface area contributed by atoms with Gasteiger partial charge in [-0.2, -0.15) is 0 Å². The molecule has 0 spiro atoms. The molecule has 0 aromatic carbocycles. The van der Waals surface area contributed by atoms with Crippen LogP contribution in [-0.2, 0) is 11.3 Å². The molecule has 6 heteroatoms. The van der Waals surface area contributed by atoms with Crippen LogP contribution in [0.3, 0.4) is 0 Å². The second-order valence-electron chi connectivity index (χ2n) is 5.33. The smallest absolute Gasteiger partial charge is 0.241 e. The van der Waals surface area contributed by atoms with Gasteiger partial charge in [-0.25, -0.2) is 4.39 Å². The van der Waals surface area contributed by atoms with Crippen LogP contribution in [0.15, 0.2) is 42.9 Å². The van der Waals surface area contributed by atoms with Crippen LogP contribution in [0.4, 0.5) is 10.1 Å². The molecule has 0 radical (unpaired) electrons. The van der Waals surface area contributed by atoms with Crippen molar-refractivity contribution in [1.82, 2.24) is 14.9 Å². The Kier molecular flexibility index (Phi) is 4.39. The van der Waals surface area contributed by atoms with Gasteiger partial charge in [0.2, 0.25) is 5.91 Å². The van der Waals surface area contributed by atoms with E-state index in [2.05, 4.69) is 20.2 Å². The Labute approximate surface area is 128 Å². The molecule has 3 rings (SSSR count). The lowest BCUT2D eigenvalue weighted by molar-refractivity contribution is -0.120. The summed E-state index contributed by atoms with van der Waals surface area (Å²) < 4.78 is 13.1. The maximum atomic E-state index is 13.1. The third kappa shape index (κ3) is 3.46. The van der Waals surface area contributed by atoms with Crippen LogP contribution in [-0.4, -0.2) is 33.4 Å². The first-order valence-electron chi connectivity index (χ1n) is 7.28. The fourth-order valence-corrected chi connectivity index (χ4v) is 2.72. The molecule has 1 N–H and O–H groups in total. The van der Waals surface area contributed by atoms with Crippen molar-refractivity contribution < 1.29 is 9.18 Å². The van der Waals surface area contributed by atoms with Crippen molar-refractivity contribution in [3.63, 3.8) is 0 Å². The summed E-state index contributed by atoms with van der Waals surface area (Å²) in [6.07, 6.45) is 6.06. The van der Waals surface area contributed by atoms with E-state index in [4.69, 9.17) is 0 Å². The summed E-state index contributed by atoms with van der Waals surface area (Å²) in [5.41, 5.74) is 1.32. The van der Waals surface area contributed by atoms with Crippen molar-refractivity contribution in [2.45, 2.75) is 25.4 Å². The highest BCUT2D eigenvalue weighted by Gasteiger charge is 2.30. The molecule has 0 bridgehead atoms. The second kappa shape index (κ2) is 6.62. The average Bonchev–Trinajstić information content (AvgIpc) is 2.96. The van der Waals surface area contributed by atoms with Gasteiger partial charge < -0.3 is 5.32 Å². The zero-order chi connectivity index (χ0) is 15.4. The van der Waals surface area contributed by atoms with Crippen LogP contribution in [0.25, 0.3) is 0 Å². The number of pyridine rings is 2. The Bertz CT molecular complexity index is 650. The number of hydrogen-bond donors (Lipinski definition) is 1. The van der Waals surface area contributed by atoms with Crippen molar-refractivity contribution in [2.75, 3.05) is 11.9 Å². The van der Waals surface area contributed by atoms with Gasteiger partial charge in [-0.05, 0) is 31.5 Å². The zero-order valence-corrected chi connectivity index (χ0v) is 12.1. The lowest BCUT2D eigenvalue weighted by atomic mass is 10.2. The van der Waals surface area contributed by atoms with Gasteiger partial charge in [0, 0.05) is 18.8 Å². The van der Waals surface area contributed by atoms with Gasteiger partial charge in [0.25, 0.3) is 0 Å². The number of nitrogens with one attached hydrogen (secondary N) is 1. The first-order chi connectivity index (χ1) is 10.7. The van der Waals surface area contributed by atoms with E-state index in [9.17, 15) is 9.18 Å². The zero-order valence-electron chi connectivity index (χ0n) is 12.1. The molecule has 0 aliphatic carbocycles. The van der Waals surface area contributed by atoms with Crippen molar-refractivity contribution >= 4 is 11.6 Å². The normalized spacial score (nSPS) is 18.3. The standard InChI is InChI=1S/C16H17FN4O/c17-12-8-14(10-18-9-12)20-16(22)15-5-3-7-21(15)11-13-4-1-2-6-19-13/h1-2,4,6,8-10,15H,3,5,7,11H2,(H,20,22). The molecule has 1 amide bonds. The molecule has 2 aromatic heterocycles. The van der Waals surface area contributed by atoms with Gasteiger partial charge in [0.05, 0.1) is 29.8 Å². The van der Waals surface area contributed by atoms with Crippen LogP contribution < -0.4 is 5.32 Å². The van der Waals surface area contributed by atoms with Crippen LogP contribution in [0.5, 0.6) is 0 Å². The third-order valence-corrected chi connectivity index (χ3v) is 3.73. The molecule has 5 nitrogen and oxygen atoms in total. The van der Waals surface area contributed by atoms with E-state index < -0.39 is 5.82 Å². The summed E-state index contributed by atoms with van der Waals surface area (Å²) >= 11 is 0. The molecular formula is C16H17FN4O. The van der Waals surface area contributed by atoms with E-state index in [1.807, 2.05) is 18.2 Å². The van der Waals surface area contributed by atoms with E-state index in [-0.39, 0.29) is 11.9 Å². The van der Waals surface area contributed by atoms with Crippen LogP contribution >= 0.6 is 0 Å². The van der Waals surface area contributed by atoms with Crippen molar-refractivity contribution in [3.8, 4) is 0 Å². The highest BCUT2D eigenvalue weighted by atomic mass is 19.1. The predicted molar refractivity (Wildman–Crippen MR) is 80.5 cm³/mol. The van der Waals surface area contributed by atoms with E-state index >= 15 is 0 Å². The SMILES string of the molecule is O=C(Nc1cncc(F)c1)C1CCCN1Cc1ccccn1. The molecule has 1 atom stereocenters. The summed E-state index contributed by atoms with van der Waals surface area (Å²) in [7, 11) is 0. The maximum Gasteiger partial charge on any atom is 0.241 e. The minimum Gasteiger partial charge on any atom is -0.323 e. The number of carbonyl (C=O) groups excluding carboxylic acids is 1. The molecule has 1 aliphatic heterocycles. The number of likely N-dealkylation sites (tertiary alicyclic amines) is 1. The number of rotatable bonds is 4. The number of aromatic nitrogens is 2. The van der Waals surface area contributed by atoms with Gasteiger partial charge in [-0.1, -0.05) is 6.07 Å². The Morgan fingerprint density at radius 2 is 2.32 bits per heavy atom. The maximum absolute atomic E-state index is 13.1. The molecule has 1 fully saturated rings. The number of anilines is 1. The Balaban J connectivity index is 1.66. The van der Waals surface area contributed by atoms with Gasteiger partial charge >= 0.3 is 0 Å². The molecule has 2 aromatic rings. The van der Waals surface area contributed by atoms with E-state index in [1.165, 1.54) is 12.3 Å². The van der Waals surface area contributed by atoms with Crippen LogP contribution in [0.1, 0.15) is 18.5 Å². The van der Waals surface area contributed by atoms with Crippen molar-refractivity contribution in [2.24, 2.45) is 0 Å². The van der Waals surface area contributed by atoms with Gasteiger partial charge in [0.15, 0.2) is 0 Å². The monoisotopic (exact) mass is 300 g/mol. The number of hydrogen-bond acceptors (Lipinski definition) is 4. The van der Waals surface area contributed by atoms with Crippen molar-refractivity contribution in [1.29, 1.82) is 0 Å². The number of halogens is 1. The van der Waals surface area contributed by atoms with Crippen LogP contribution in [0.2, 0.25) is 0 Å². The first kappa shape index (κ1) is 14.6. The lowest BCUT2D eigenvalue weighted by Gasteiger charge is -2.23. The number of carbonyl (C=O) groups is 1. The Morgan fingerprint density at radius 1 is 1.41 bits per heavy atom. The first-order valence-corrected chi connectivity index (χ1v) is 7.28. The molecule has 1 saturated heterocycles. The fraction of sp³-hybridized carbons (Fsp3) is 0.312. The fourth-order valence-electron chi connectivity index (χ4n) is 2.72. The molecular weight excluding hydrogens is 283 g/mol.